The summed E-state index contributed by atoms with van der Waals surface area (Å²) in [5, 5.41) is 16.4. The molecule has 1 aliphatic rings. The number of aliphatic hydroxyl groups excluding tert-OH is 1. The summed E-state index contributed by atoms with van der Waals surface area (Å²) in [6.45, 7) is 6.06. The molecule has 1 aromatic rings. The molecule has 1 aliphatic heterocycles. The summed E-state index contributed by atoms with van der Waals surface area (Å²) in [5.74, 6) is 0.700. The van der Waals surface area contributed by atoms with Crippen molar-refractivity contribution >= 4 is 5.91 Å². The maximum atomic E-state index is 11.6. The molecule has 0 radical (unpaired) electrons. The van der Waals surface area contributed by atoms with Gasteiger partial charge in [0.15, 0.2) is 0 Å². The monoisotopic (exact) mass is 297 g/mol. The molecule has 2 N–H and O–H groups in total. The number of aromatic nitrogens is 1. The van der Waals surface area contributed by atoms with Gasteiger partial charge in [0.2, 0.25) is 5.91 Å². The first-order chi connectivity index (χ1) is 10.0. The van der Waals surface area contributed by atoms with Gasteiger partial charge < -0.3 is 19.7 Å². The van der Waals surface area contributed by atoms with Crippen molar-refractivity contribution in [3.05, 3.63) is 17.0 Å². The molecule has 21 heavy (non-hydrogen) atoms. The Balaban J connectivity index is 1.96. The van der Waals surface area contributed by atoms with Gasteiger partial charge in [-0.25, -0.2) is 0 Å². The number of amides is 1. The van der Waals surface area contributed by atoms with E-state index in [1.807, 2.05) is 13.8 Å². The molecular formula is C14H23N3O4. The van der Waals surface area contributed by atoms with Crippen LogP contribution in [0.15, 0.2) is 4.52 Å². The lowest BCUT2D eigenvalue weighted by molar-refractivity contribution is -0.125. The molecular weight excluding hydrogens is 274 g/mol. The van der Waals surface area contributed by atoms with Crippen molar-refractivity contribution in [3.8, 4) is 0 Å². The zero-order chi connectivity index (χ0) is 15.4. The molecule has 118 valence electrons. The second kappa shape index (κ2) is 7.02. The highest BCUT2D eigenvalue weighted by Crippen LogP contribution is 2.22. The van der Waals surface area contributed by atoms with Gasteiger partial charge in [0.05, 0.1) is 5.69 Å². The Bertz CT molecular complexity index is 469. The third kappa shape index (κ3) is 3.81. The second-order valence-electron chi connectivity index (χ2n) is 5.55. The van der Waals surface area contributed by atoms with Gasteiger partial charge in [0, 0.05) is 50.9 Å². The van der Waals surface area contributed by atoms with E-state index >= 15 is 0 Å². The van der Waals surface area contributed by atoms with Crippen molar-refractivity contribution in [2.75, 3.05) is 33.4 Å². The fourth-order valence-corrected chi connectivity index (χ4v) is 2.77. The first-order valence-corrected chi connectivity index (χ1v) is 7.08. The average Bonchev–Trinajstić information content (AvgIpc) is 2.97. The molecule has 2 atom stereocenters. The van der Waals surface area contributed by atoms with Crippen LogP contribution < -0.4 is 5.32 Å². The van der Waals surface area contributed by atoms with E-state index in [9.17, 15) is 9.90 Å². The van der Waals surface area contributed by atoms with E-state index in [4.69, 9.17) is 9.26 Å². The van der Waals surface area contributed by atoms with Crippen molar-refractivity contribution in [2.45, 2.75) is 26.4 Å². The van der Waals surface area contributed by atoms with Gasteiger partial charge in [-0.1, -0.05) is 5.16 Å². The Morgan fingerprint density at radius 2 is 2.29 bits per heavy atom. The Hall–Kier alpha value is -1.44. The van der Waals surface area contributed by atoms with E-state index in [1.54, 1.807) is 0 Å². The minimum absolute atomic E-state index is 0.0336. The number of ether oxygens (including phenoxy) is 1. The van der Waals surface area contributed by atoms with E-state index in [0.29, 0.717) is 13.1 Å². The van der Waals surface area contributed by atoms with Crippen LogP contribution in [-0.2, 0) is 16.1 Å². The smallest absolute Gasteiger partial charge is 0.246 e. The highest BCUT2D eigenvalue weighted by molar-refractivity contribution is 5.77. The van der Waals surface area contributed by atoms with Gasteiger partial charge in [-0.3, -0.25) is 9.69 Å². The molecule has 7 heteroatoms. The minimum Gasteiger partial charge on any atom is -0.396 e. The van der Waals surface area contributed by atoms with Gasteiger partial charge >= 0.3 is 0 Å². The van der Waals surface area contributed by atoms with Crippen LogP contribution in [-0.4, -0.2) is 60.5 Å². The number of likely N-dealkylation sites (tertiary alicyclic amines) is 1. The first-order valence-electron chi connectivity index (χ1n) is 7.08. The second-order valence-corrected chi connectivity index (χ2v) is 5.55. The Morgan fingerprint density at radius 3 is 2.86 bits per heavy atom. The van der Waals surface area contributed by atoms with Crippen LogP contribution in [0.1, 0.15) is 17.0 Å². The quantitative estimate of drug-likeness (QED) is 0.759. The van der Waals surface area contributed by atoms with Gasteiger partial charge in [-0.05, 0) is 13.8 Å². The van der Waals surface area contributed by atoms with Gasteiger partial charge in [-0.15, -0.1) is 0 Å². The lowest BCUT2D eigenvalue weighted by Crippen LogP contribution is -2.43. The van der Waals surface area contributed by atoms with Crippen molar-refractivity contribution in [1.82, 2.24) is 15.4 Å². The zero-order valence-corrected chi connectivity index (χ0v) is 12.8. The number of methoxy groups -OCH3 is 1. The van der Waals surface area contributed by atoms with Crippen LogP contribution in [0.3, 0.4) is 0 Å². The molecule has 0 bridgehead atoms. The summed E-state index contributed by atoms with van der Waals surface area (Å²) in [4.78, 5) is 13.8. The molecule has 0 saturated carbocycles. The Labute approximate surface area is 124 Å². The molecule has 1 saturated heterocycles. The highest BCUT2D eigenvalue weighted by Gasteiger charge is 2.33. The van der Waals surface area contributed by atoms with Crippen molar-refractivity contribution < 1.29 is 19.2 Å². The van der Waals surface area contributed by atoms with E-state index in [-0.39, 0.29) is 31.1 Å². The van der Waals surface area contributed by atoms with Crippen LogP contribution >= 0.6 is 0 Å². The predicted molar refractivity (Wildman–Crippen MR) is 75.6 cm³/mol. The van der Waals surface area contributed by atoms with Crippen LogP contribution in [0.5, 0.6) is 0 Å². The number of aryl methyl sites for hydroxylation is 2. The molecule has 0 aromatic carbocycles. The molecule has 2 heterocycles. The summed E-state index contributed by atoms with van der Waals surface area (Å²) in [5.41, 5.74) is 1.97. The number of carbonyl (C=O) groups is 1. The number of nitrogens with one attached hydrogen (secondary N) is 1. The fourth-order valence-electron chi connectivity index (χ4n) is 2.77. The topological polar surface area (TPSA) is 87.8 Å². The summed E-state index contributed by atoms with van der Waals surface area (Å²) < 4.78 is 9.99. The number of carbonyl (C=O) groups excluding carboxylic acids is 1. The standard InChI is InChI=1S/C14H23N3O4/c1-9-12(10(2)21-16-9)5-17-4-11(7-18)13(6-17)15-14(19)8-20-3/h11,13,18H,4-8H2,1-3H3,(H,15,19)/t11-,13+/m0/s1. The number of rotatable bonds is 6. The van der Waals surface area contributed by atoms with Crippen molar-refractivity contribution in [3.63, 3.8) is 0 Å². The van der Waals surface area contributed by atoms with Crippen LogP contribution in [0, 0.1) is 19.8 Å². The minimum atomic E-state index is -0.153. The molecule has 1 amide bonds. The van der Waals surface area contributed by atoms with Crippen LogP contribution in [0.2, 0.25) is 0 Å². The van der Waals surface area contributed by atoms with Crippen LogP contribution in [0.25, 0.3) is 0 Å². The largest absolute Gasteiger partial charge is 0.396 e. The lowest BCUT2D eigenvalue weighted by atomic mass is 10.1. The SMILES string of the molecule is COCC(=O)N[C@@H]1CN(Cc2c(C)noc2C)C[C@H]1CO. The summed E-state index contributed by atoms with van der Waals surface area (Å²) >= 11 is 0. The number of aliphatic hydroxyl groups is 1. The average molecular weight is 297 g/mol. The molecule has 0 spiro atoms. The predicted octanol–water partition coefficient (Wildman–Crippen LogP) is -0.153. The van der Waals surface area contributed by atoms with E-state index in [2.05, 4.69) is 15.4 Å². The maximum absolute atomic E-state index is 11.6. The van der Waals surface area contributed by atoms with Gasteiger partial charge in [0.25, 0.3) is 0 Å². The summed E-state index contributed by atoms with van der Waals surface area (Å²) in [6.07, 6.45) is 0. The summed E-state index contributed by atoms with van der Waals surface area (Å²) in [7, 11) is 1.49. The molecule has 2 rings (SSSR count). The van der Waals surface area contributed by atoms with Gasteiger partial charge in [-0.2, -0.15) is 0 Å². The normalized spacial score (nSPS) is 22.7. The van der Waals surface area contributed by atoms with E-state index in [1.165, 1.54) is 7.11 Å². The molecule has 0 aliphatic carbocycles. The number of nitrogens with zero attached hydrogens (tertiary/aromatic N) is 2. The Kier molecular flexibility index (Phi) is 5.33. The lowest BCUT2D eigenvalue weighted by Gasteiger charge is -2.17. The third-order valence-electron chi connectivity index (χ3n) is 3.94. The highest BCUT2D eigenvalue weighted by atomic mass is 16.5. The van der Waals surface area contributed by atoms with Crippen molar-refractivity contribution in [1.29, 1.82) is 0 Å². The third-order valence-corrected chi connectivity index (χ3v) is 3.94. The Morgan fingerprint density at radius 1 is 1.52 bits per heavy atom. The van der Waals surface area contributed by atoms with E-state index < -0.39 is 0 Å². The first kappa shape index (κ1) is 15.9. The summed E-state index contributed by atoms with van der Waals surface area (Å²) in [6, 6.07) is -0.0573. The fraction of sp³-hybridized carbons (Fsp3) is 0.714. The molecule has 1 aromatic heterocycles. The maximum Gasteiger partial charge on any atom is 0.246 e. The molecule has 7 nitrogen and oxygen atoms in total. The molecule has 0 unspecified atom stereocenters. The van der Waals surface area contributed by atoms with E-state index in [0.717, 1.165) is 23.6 Å². The zero-order valence-electron chi connectivity index (χ0n) is 12.8. The number of hydrogen-bond donors (Lipinski definition) is 2. The number of hydrogen-bond acceptors (Lipinski definition) is 6. The van der Waals surface area contributed by atoms with Crippen molar-refractivity contribution in [2.24, 2.45) is 5.92 Å². The van der Waals surface area contributed by atoms with Crippen LogP contribution in [0.4, 0.5) is 0 Å². The molecule has 1 fully saturated rings. The van der Waals surface area contributed by atoms with Gasteiger partial charge in [0.1, 0.15) is 12.4 Å².